The summed E-state index contributed by atoms with van der Waals surface area (Å²) in [6.45, 7) is 7.39. The summed E-state index contributed by atoms with van der Waals surface area (Å²) in [5, 5.41) is 8.45. The monoisotopic (exact) mass is 459 g/mol. The summed E-state index contributed by atoms with van der Waals surface area (Å²) >= 11 is 5.34. The Morgan fingerprint density at radius 2 is 2.03 bits per heavy atom. The van der Waals surface area contributed by atoms with E-state index in [9.17, 15) is 4.79 Å². The van der Waals surface area contributed by atoms with E-state index in [0.29, 0.717) is 23.4 Å². The molecular weight excluding hydrogens is 418 g/mol. The van der Waals surface area contributed by atoms with Gasteiger partial charge in [-0.25, -0.2) is 0 Å². The highest BCUT2D eigenvalue weighted by Gasteiger charge is 2.57. The Morgan fingerprint density at radius 1 is 1.19 bits per heavy atom. The molecule has 4 aliphatic rings. The molecule has 0 aliphatic heterocycles. The molecule has 6 atom stereocenters. The van der Waals surface area contributed by atoms with Gasteiger partial charge in [0.25, 0.3) is 0 Å². The van der Waals surface area contributed by atoms with E-state index in [1.54, 1.807) is 5.57 Å². The Kier molecular flexibility index (Phi) is 7.58. The maximum absolute atomic E-state index is 12.0. The molecule has 6 heteroatoms. The summed E-state index contributed by atoms with van der Waals surface area (Å²) in [7, 11) is 0. The lowest BCUT2D eigenvalue weighted by Crippen LogP contribution is -2.48. The Labute approximate surface area is 199 Å². The van der Waals surface area contributed by atoms with Crippen molar-refractivity contribution in [3.8, 4) is 0 Å². The maximum Gasteiger partial charge on any atom is 0.305 e. The molecule has 6 unspecified atom stereocenters. The third-order valence-electron chi connectivity index (χ3n) is 8.91. The number of esters is 1. The van der Waals surface area contributed by atoms with Crippen LogP contribution in [0.25, 0.3) is 0 Å². The number of nitrogens with one attached hydrogen (secondary N) is 2. The van der Waals surface area contributed by atoms with E-state index in [2.05, 4.69) is 35.8 Å². The van der Waals surface area contributed by atoms with Crippen LogP contribution < -0.4 is 10.7 Å². The standard InChI is InChI=1S/C26H41N3O2S/c1-4-6-15-27-25(32)29-28-18-8-10-19-17(16-18)7-9-21-20(19)13-14-26(3)22(21)11-12-23(26)31-24(30)5-2/h16,19-23H,4-15H2,1-3H3,(H2,27,29,32). The van der Waals surface area contributed by atoms with Crippen LogP contribution in [-0.4, -0.2) is 29.4 Å². The van der Waals surface area contributed by atoms with Crippen molar-refractivity contribution in [2.45, 2.75) is 97.5 Å². The molecule has 0 saturated heterocycles. The molecule has 32 heavy (non-hydrogen) atoms. The minimum absolute atomic E-state index is 0.0272. The summed E-state index contributed by atoms with van der Waals surface area (Å²) in [6.07, 6.45) is 14.7. The van der Waals surface area contributed by atoms with Gasteiger partial charge in [-0.3, -0.25) is 10.2 Å². The number of nitrogens with zero attached hydrogens (tertiary/aromatic N) is 1. The Balaban J connectivity index is 1.39. The summed E-state index contributed by atoms with van der Waals surface area (Å²) in [4.78, 5) is 12.0. The summed E-state index contributed by atoms with van der Waals surface area (Å²) < 4.78 is 5.92. The lowest BCUT2D eigenvalue weighted by molar-refractivity contribution is -0.158. The number of thiocarbonyl (C=S) groups is 1. The lowest BCUT2D eigenvalue weighted by atomic mass is 9.52. The van der Waals surface area contributed by atoms with Crippen LogP contribution in [-0.2, 0) is 9.53 Å². The predicted octanol–water partition coefficient (Wildman–Crippen LogP) is 5.50. The average molecular weight is 460 g/mol. The number of hydrogen-bond donors (Lipinski definition) is 2. The molecule has 5 nitrogen and oxygen atoms in total. The Hall–Kier alpha value is -1.43. The Bertz CT molecular complexity index is 779. The topological polar surface area (TPSA) is 62.7 Å². The summed E-state index contributed by atoms with van der Waals surface area (Å²) in [5.74, 6) is 2.97. The first-order chi connectivity index (χ1) is 15.5. The van der Waals surface area contributed by atoms with Crippen molar-refractivity contribution in [2.24, 2.45) is 34.2 Å². The normalized spacial score (nSPS) is 37.0. The SMILES string of the molecule is CCCCNC(=S)NN=C1C=C2CCC3C(CCC4(C)C(OC(=O)CC)CCC34)C2CC1. The Morgan fingerprint density at radius 3 is 2.81 bits per heavy atom. The van der Waals surface area contributed by atoms with Crippen molar-refractivity contribution in [3.63, 3.8) is 0 Å². The number of ether oxygens (including phenoxy) is 1. The predicted molar refractivity (Wildman–Crippen MR) is 133 cm³/mol. The number of rotatable bonds is 6. The van der Waals surface area contributed by atoms with Crippen LogP contribution in [0.15, 0.2) is 16.8 Å². The van der Waals surface area contributed by atoms with Crippen LogP contribution in [0.5, 0.6) is 0 Å². The van der Waals surface area contributed by atoms with Gasteiger partial charge in [0, 0.05) is 18.4 Å². The molecule has 3 saturated carbocycles. The fourth-order valence-electron chi connectivity index (χ4n) is 7.21. The van der Waals surface area contributed by atoms with Crippen molar-refractivity contribution >= 4 is 29.0 Å². The third-order valence-corrected chi connectivity index (χ3v) is 9.14. The zero-order valence-corrected chi connectivity index (χ0v) is 20.9. The molecular formula is C26H41N3O2S. The van der Waals surface area contributed by atoms with E-state index in [1.807, 2.05) is 6.92 Å². The zero-order chi connectivity index (χ0) is 22.7. The molecule has 4 aliphatic carbocycles. The molecule has 0 amide bonds. The molecule has 4 rings (SSSR count). The number of allylic oxidation sites excluding steroid dienone is 2. The largest absolute Gasteiger partial charge is 0.462 e. The van der Waals surface area contributed by atoms with E-state index in [-0.39, 0.29) is 17.5 Å². The smallest absolute Gasteiger partial charge is 0.305 e. The van der Waals surface area contributed by atoms with Crippen molar-refractivity contribution in [2.75, 3.05) is 6.54 Å². The van der Waals surface area contributed by atoms with Crippen LogP contribution in [0.2, 0.25) is 0 Å². The quantitative estimate of drug-likeness (QED) is 0.238. The van der Waals surface area contributed by atoms with Crippen LogP contribution in [0.3, 0.4) is 0 Å². The van der Waals surface area contributed by atoms with Gasteiger partial charge in [-0.1, -0.05) is 32.8 Å². The maximum atomic E-state index is 12.0. The highest BCUT2D eigenvalue weighted by atomic mass is 32.1. The van der Waals surface area contributed by atoms with E-state index >= 15 is 0 Å². The van der Waals surface area contributed by atoms with E-state index in [0.717, 1.165) is 49.8 Å². The highest BCUT2D eigenvalue weighted by molar-refractivity contribution is 7.80. The van der Waals surface area contributed by atoms with Gasteiger partial charge in [0.2, 0.25) is 0 Å². The van der Waals surface area contributed by atoms with Gasteiger partial charge in [0.1, 0.15) is 6.10 Å². The van der Waals surface area contributed by atoms with E-state index in [1.165, 1.54) is 38.5 Å². The molecule has 0 aromatic heterocycles. The molecule has 3 fully saturated rings. The second kappa shape index (κ2) is 10.2. The van der Waals surface area contributed by atoms with Gasteiger partial charge in [0.05, 0.1) is 5.71 Å². The first-order valence-electron chi connectivity index (χ1n) is 13.0. The molecule has 178 valence electrons. The van der Waals surface area contributed by atoms with Gasteiger partial charge in [-0.05, 0) is 99.8 Å². The molecule has 0 aromatic rings. The first kappa shape index (κ1) is 23.7. The van der Waals surface area contributed by atoms with Crippen molar-refractivity contribution < 1.29 is 9.53 Å². The van der Waals surface area contributed by atoms with Gasteiger partial charge in [-0.2, -0.15) is 5.10 Å². The number of hydrogen-bond acceptors (Lipinski definition) is 4. The number of unbranched alkanes of at least 4 members (excludes halogenated alkanes) is 1. The fourth-order valence-corrected chi connectivity index (χ4v) is 7.36. The van der Waals surface area contributed by atoms with Gasteiger partial charge in [-0.15, -0.1) is 0 Å². The molecule has 0 heterocycles. The molecule has 0 aromatic carbocycles. The van der Waals surface area contributed by atoms with Crippen molar-refractivity contribution in [3.05, 3.63) is 11.6 Å². The van der Waals surface area contributed by atoms with Crippen molar-refractivity contribution in [1.29, 1.82) is 0 Å². The van der Waals surface area contributed by atoms with Crippen LogP contribution in [0.4, 0.5) is 0 Å². The third kappa shape index (κ3) is 4.76. The van der Waals surface area contributed by atoms with Gasteiger partial charge in [0.15, 0.2) is 5.11 Å². The summed E-state index contributed by atoms with van der Waals surface area (Å²) in [6, 6.07) is 0. The number of carbonyl (C=O) groups is 1. The van der Waals surface area contributed by atoms with Crippen LogP contribution >= 0.6 is 12.2 Å². The van der Waals surface area contributed by atoms with Crippen LogP contribution in [0, 0.1) is 29.1 Å². The lowest BCUT2D eigenvalue weighted by Gasteiger charge is -2.53. The fraction of sp³-hybridized carbons (Fsp3) is 0.808. The minimum atomic E-state index is -0.0272. The molecule has 0 radical (unpaired) electrons. The highest BCUT2D eigenvalue weighted by Crippen LogP contribution is 2.62. The minimum Gasteiger partial charge on any atom is -0.462 e. The van der Waals surface area contributed by atoms with Crippen LogP contribution in [0.1, 0.15) is 91.4 Å². The van der Waals surface area contributed by atoms with E-state index in [4.69, 9.17) is 17.0 Å². The first-order valence-corrected chi connectivity index (χ1v) is 13.4. The van der Waals surface area contributed by atoms with E-state index < -0.39 is 0 Å². The number of hydrazone groups is 1. The second-order valence-corrected chi connectivity index (χ2v) is 11.0. The zero-order valence-electron chi connectivity index (χ0n) is 20.1. The summed E-state index contributed by atoms with van der Waals surface area (Å²) in [5.41, 5.74) is 5.98. The van der Waals surface area contributed by atoms with Gasteiger partial charge >= 0.3 is 5.97 Å². The number of carbonyl (C=O) groups excluding carboxylic acids is 1. The second-order valence-electron chi connectivity index (χ2n) is 10.6. The molecule has 0 bridgehead atoms. The number of fused-ring (bicyclic) bond motifs is 5. The van der Waals surface area contributed by atoms with Gasteiger partial charge < -0.3 is 10.1 Å². The molecule has 2 N–H and O–H groups in total. The average Bonchev–Trinajstić information content (AvgIpc) is 3.13. The van der Waals surface area contributed by atoms with Crippen molar-refractivity contribution in [1.82, 2.24) is 10.7 Å². The molecule has 0 spiro atoms.